The Balaban J connectivity index is 1.65. The summed E-state index contributed by atoms with van der Waals surface area (Å²) in [4.78, 5) is 20.2. The first-order chi connectivity index (χ1) is 9.57. The lowest BCUT2D eigenvalue weighted by Crippen LogP contribution is -2.51. The van der Waals surface area contributed by atoms with Crippen molar-refractivity contribution in [2.45, 2.75) is 61.0 Å². The van der Waals surface area contributed by atoms with Gasteiger partial charge in [-0.1, -0.05) is 11.8 Å². The highest BCUT2D eigenvalue weighted by atomic mass is 32.2. The van der Waals surface area contributed by atoms with E-state index in [4.69, 9.17) is 0 Å². The van der Waals surface area contributed by atoms with Crippen LogP contribution in [0, 0.1) is 6.92 Å². The zero-order valence-electron chi connectivity index (χ0n) is 11.5. The lowest BCUT2D eigenvalue weighted by Gasteiger charge is -2.25. The van der Waals surface area contributed by atoms with E-state index < -0.39 is 11.5 Å². The molecule has 108 valence electrons. The maximum atomic E-state index is 11.6. The van der Waals surface area contributed by atoms with Crippen molar-refractivity contribution in [2.75, 3.05) is 0 Å². The number of rotatable bonds is 5. The Labute approximate surface area is 122 Å². The minimum Gasteiger partial charge on any atom is -0.480 e. The molecule has 0 aromatic carbocycles. The molecule has 6 heteroatoms. The van der Waals surface area contributed by atoms with Crippen LogP contribution in [-0.4, -0.2) is 37.9 Å². The average Bonchev–Trinajstić information content (AvgIpc) is 3.12. The van der Waals surface area contributed by atoms with Crippen molar-refractivity contribution in [1.82, 2.24) is 15.3 Å². The number of carbonyl (C=O) groups is 1. The standard InChI is InChI=1S/C14H19N3O2S/c1-9-7-15-13(16-8-9)20-11-4-5-14(6-11,12(18)19)17-10-2-3-10/h7-8,10-11,17H,2-6H2,1H3,(H,18,19). The highest BCUT2D eigenvalue weighted by Gasteiger charge is 2.48. The number of hydrogen-bond acceptors (Lipinski definition) is 5. The van der Waals surface area contributed by atoms with Crippen molar-refractivity contribution < 1.29 is 9.90 Å². The number of aryl methyl sites for hydroxylation is 1. The van der Waals surface area contributed by atoms with Gasteiger partial charge in [0.15, 0.2) is 5.16 Å². The van der Waals surface area contributed by atoms with E-state index in [9.17, 15) is 9.90 Å². The molecule has 2 unspecified atom stereocenters. The van der Waals surface area contributed by atoms with E-state index in [1.165, 1.54) is 0 Å². The topological polar surface area (TPSA) is 75.1 Å². The molecule has 1 aromatic rings. The van der Waals surface area contributed by atoms with Gasteiger partial charge in [-0.05, 0) is 44.6 Å². The van der Waals surface area contributed by atoms with Crippen LogP contribution in [0.1, 0.15) is 37.7 Å². The number of hydrogen-bond donors (Lipinski definition) is 2. The fourth-order valence-electron chi connectivity index (χ4n) is 2.70. The molecule has 0 amide bonds. The summed E-state index contributed by atoms with van der Waals surface area (Å²) in [6.45, 7) is 1.96. The summed E-state index contributed by atoms with van der Waals surface area (Å²) in [7, 11) is 0. The second-order valence-corrected chi connectivity index (χ2v) is 7.10. The molecule has 0 radical (unpaired) electrons. The van der Waals surface area contributed by atoms with Crippen molar-refractivity contribution >= 4 is 17.7 Å². The average molecular weight is 293 g/mol. The molecule has 0 bridgehead atoms. The minimum atomic E-state index is -0.733. The van der Waals surface area contributed by atoms with Crippen molar-refractivity contribution in [3.05, 3.63) is 18.0 Å². The first-order valence-electron chi connectivity index (χ1n) is 7.04. The molecule has 0 spiro atoms. The van der Waals surface area contributed by atoms with E-state index in [-0.39, 0.29) is 5.25 Å². The van der Waals surface area contributed by atoms with Gasteiger partial charge < -0.3 is 5.11 Å². The van der Waals surface area contributed by atoms with E-state index in [2.05, 4.69) is 15.3 Å². The van der Waals surface area contributed by atoms with Crippen LogP contribution in [0.2, 0.25) is 0 Å². The van der Waals surface area contributed by atoms with E-state index in [0.29, 0.717) is 18.9 Å². The lowest BCUT2D eigenvalue weighted by molar-refractivity contribution is -0.144. The Morgan fingerprint density at radius 1 is 1.40 bits per heavy atom. The third kappa shape index (κ3) is 2.96. The van der Waals surface area contributed by atoms with Crippen LogP contribution in [0.25, 0.3) is 0 Å². The first-order valence-corrected chi connectivity index (χ1v) is 7.92. The molecule has 0 aliphatic heterocycles. The third-order valence-electron chi connectivity index (χ3n) is 3.97. The predicted octanol–water partition coefficient (Wildman–Crippen LogP) is 2.01. The number of aliphatic carboxylic acids is 1. The zero-order valence-corrected chi connectivity index (χ0v) is 12.3. The van der Waals surface area contributed by atoms with Gasteiger partial charge in [0, 0.05) is 23.7 Å². The second kappa shape index (κ2) is 5.33. The first kappa shape index (κ1) is 13.8. The van der Waals surface area contributed by atoms with E-state index >= 15 is 0 Å². The maximum Gasteiger partial charge on any atom is 0.323 e. The molecule has 20 heavy (non-hydrogen) atoms. The van der Waals surface area contributed by atoms with Gasteiger partial charge in [-0.2, -0.15) is 0 Å². The smallest absolute Gasteiger partial charge is 0.323 e. The number of nitrogens with zero attached hydrogens (tertiary/aromatic N) is 2. The van der Waals surface area contributed by atoms with Gasteiger partial charge in [0.05, 0.1) is 0 Å². The van der Waals surface area contributed by atoms with Crippen LogP contribution in [0.15, 0.2) is 17.6 Å². The van der Waals surface area contributed by atoms with E-state index in [1.807, 2.05) is 6.92 Å². The third-order valence-corrected chi connectivity index (χ3v) is 5.12. The van der Waals surface area contributed by atoms with Crippen LogP contribution in [-0.2, 0) is 4.79 Å². The molecular formula is C14H19N3O2S. The Morgan fingerprint density at radius 2 is 2.10 bits per heavy atom. The van der Waals surface area contributed by atoms with Gasteiger partial charge in [0.1, 0.15) is 5.54 Å². The summed E-state index contributed by atoms with van der Waals surface area (Å²) in [6, 6.07) is 0.408. The lowest BCUT2D eigenvalue weighted by atomic mass is 9.98. The summed E-state index contributed by atoms with van der Waals surface area (Å²) >= 11 is 1.60. The fourth-order valence-corrected chi connectivity index (χ4v) is 3.83. The second-order valence-electron chi connectivity index (χ2n) is 5.83. The van der Waals surface area contributed by atoms with Gasteiger partial charge >= 0.3 is 5.97 Å². The van der Waals surface area contributed by atoms with Crippen LogP contribution in [0.5, 0.6) is 0 Å². The largest absolute Gasteiger partial charge is 0.480 e. The van der Waals surface area contributed by atoms with E-state index in [0.717, 1.165) is 30.0 Å². The molecule has 2 atom stereocenters. The number of nitrogens with one attached hydrogen (secondary N) is 1. The minimum absolute atomic E-state index is 0.278. The van der Waals surface area contributed by atoms with Crippen LogP contribution >= 0.6 is 11.8 Å². The molecule has 2 aliphatic rings. The van der Waals surface area contributed by atoms with Gasteiger partial charge in [-0.3, -0.25) is 10.1 Å². The van der Waals surface area contributed by atoms with E-state index in [1.54, 1.807) is 24.2 Å². The molecule has 5 nitrogen and oxygen atoms in total. The van der Waals surface area contributed by atoms with Gasteiger partial charge in [-0.15, -0.1) is 0 Å². The summed E-state index contributed by atoms with van der Waals surface area (Å²) < 4.78 is 0. The Bertz CT molecular complexity index is 504. The van der Waals surface area contributed by atoms with Crippen LogP contribution in [0.4, 0.5) is 0 Å². The van der Waals surface area contributed by atoms with Crippen LogP contribution in [0.3, 0.4) is 0 Å². The SMILES string of the molecule is Cc1cnc(SC2CCC(NC3CC3)(C(=O)O)C2)nc1. The summed E-state index contributed by atoms with van der Waals surface area (Å²) in [6.07, 6.45) is 8.06. The Kier molecular flexibility index (Phi) is 3.69. The van der Waals surface area contributed by atoms with Gasteiger partial charge in [0.2, 0.25) is 0 Å². The molecule has 2 N–H and O–H groups in total. The summed E-state index contributed by atoms with van der Waals surface area (Å²) in [5, 5.41) is 13.9. The van der Waals surface area contributed by atoms with Gasteiger partial charge in [-0.25, -0.2) is 9.97 Å². The molecular weight excluding hydrogens is 274 g/mol. The number of aromatic nitrogens is 2. The van der Waals surface area contributed by atoms with Crippen LogP contribution < -0.4 is 5.32 Å². The molecule has 2 aliphatic carbocycles. The molecule has 0 saturated heterocycles. The normalized spacial score (nSPS) is 29.6. The zero-order chi connectivity index (χ0) is 14.2. The summed E-state index contributed by atoms with van der Waals surface area (Å²) in [5.74, 6) is -0.711. The predicted molar refractivity (Wildman–Crippen MR) is 76.8 cm³/mol. The highest BCUT2D eigenvalue weighted by molar-refractivity contribution is 7.99. The highest BCUT2D eigenvalue weighted by Crippen LogP contribution is 2.41. The molecule has 1 aromatic heterocycles. The Morgan fingerprint density at radius 3 is 2.70 bits per heavy atom. The molecule has 3 rings (SSSR count). The number of carboxylic acid groups (broad SMARTS) is 1. The number of carboxylic acids is 1. The summed E-state index contributed by atoms with van der Waals surface area (Å²) in [5.41, 5.74) is 0.305. The van der Waals surface area contributed by atoms with Crippen molar-refractivity contribution in [2.24, 2.45) is 0 Å². The molecule has 2 fully saturated rings. The number of thioether (sulfide) groups is 1. The fraction of sp³-hybridized carbons (Fsp3) is 0.643. The van der Waals surface area contributed by atoms with Gasteiger partial charge in [0.25, 0.3) is 0 Å². The Hall–Kier alpha value is -1.14. The van der Waals surface area contributed by atoms with Crippen molar-refractivity contribution in [1.29, 1.82) is 0 Å². The van der Waals surface area contributed by atoms with Crippen molar-refractivity contribution in [3.63, 3.8) is 0 Å². The maximum absolute atomic E-state index is 11.6. The monoisotopic (exact) mass is 293 g/mol. The molecule has 1 heterocycles. The quantitative estimate of drug-likeness (QED) is 0.809. The molecule has 2 saturated carbocycles. The van der Waals surface area contributed by atoms with Crippen molar-refractivity contribution in [3.8, 4) is 0 Å².